The van der Waals surface area contributed by atoms with Crippen LogP contribution < -0.4 is 9.64 Å². The van der Waals surface area contributed by atoms with Crippen molar-refractivity contribution in [1.82, 2.24) is 0 Å². The Morgan fingerprint density at radius 1 is 1.21 bits per heavy atom. The van der Waals surface area contributed by atoms with Crippen LogP contribution in [0, 0.1) is 15.9 Å². The average molecular weight is 400 g/mol. The fourth-order valence-corrected chi connectivity index (χ4v) is 3.32. The number of ether oxygens (including phenoxy) is 1. The number of nitro benzene ring substituents is 1. The van der Waals surface area contributed by atoms with Gasteiger partial charge in [-0.3, -0.25) is 10.1 Å². The second-order valence-electron chi connectivity index (χ2n) is 6.27. The topological polar surface area (TPSA) is 75.8 Å². The van der Waals surface area contributed by atoms with Crippen LogP contribution in [0.3, 0.4) is 0 Å². The summed E-state index contributed by atoms with van der Waals surface area (Å²) in [5, 5.41) is 20.9. The van der Waals surface area contributed by atoms with E-state index in [1.165, 1.54) is 17.0 Å². The van der Waals surface area contributed by atoms with Gasteiger partial charge in [0.15, 0.2) is 11.6 Å². The van der Waals surface area contributed by atoms with Crippen LogP contribution in [0.5, 0.6) is 11.5 Å². The molecule has 0 aromatic heterocycles. The Morgan fingerprint density at radius 2 is 1.93 bits per heavy atom. The standard InChI is InChI=1S/C18H16F4N2O4/c19-12-5-1-2-6-14(12)28-15-8-7-13(24(26)27)17(16(15)18(20,21)22)23-9-3-4-11(23)10-25/h1-2,5-8,11,25H,3-4,9-10H2/t11-/m1/s1. The molecule has 0 unspecified atom stereocenters. The first-order valence-corrected chi connectivity index (χ1v) is 8.42. The number of nitrogens with zero attached hydrogens (tertiary/aromatic N) is 2. The van der Waals surface area contributed by atoms with Crippen molar-refractivity contribution >= 4 is 11.4 Å². The van der Waals surface area contributed by atoms with E-state index in [9.17, 15) is 32.8 Å². The van der Waals surface area contributed by atoms with Gasteiger partial charge >= 0.3 is 6.18 Å². The molecule has 2 aromatic rings. The highest BCUT2D eigenvalue weighted by molar-refractivity contribution is 5.74. The van der Waals surface area contributed by atoms with Gasteiger partial charge in [-0.15, -0.1) is 0 Å². The van der Waals surface area contributed by atoms with Crippen LogP contribution in [0.25, 0.3) is 0 Å². The first kappa shape index (κ1) is 19.9. The van der Waals surface area contributed by atoms with E-state index in [4.69, 9.17) is 4.74 Å². The van der Waals surface area contributed by atoms with Crippen molar-refractivity contribution < 1.29 is 32.3 Å². The summed E-state index contributed by atoms with van der Waals surface area (Å²) >= 11 is 0. The number of benzene rings is 2. The molecule has 3 rings (SSSR count). The fraction of sp³-hybridized carbons (Fsp3) is 0.333. The molecule has 0 radical (unpaired) electrons. The van der Waals surface area contributed by atoms with Gasteiger partial charge < -0.3 is 14.7 Å². The van der Waals surface area contributed by atoms with E-state index in [2.05, 4.69) is 0 Å². The predicted molar refractivity (Wildman–Crippen MR) is 92.0 cm³/mol. The zero-order chi connectivity index (χ0) is 20.5. The SMILES string of the molecule is O=[N+]([O-])c1ccc(Oc2ccccc2F)c(C(F)(F)F)c1N1CCC[C@@H]1CO. The second-order valence-corrected chi connectivity index (χ2v) is 6.27. The van der Waals surface area contributed by atoms with Crippen molar-refractivity contribution in [3.63, 3.8) is 0 Å². The number of rotatable bonds is 5. The summed E-state index contributed by atoms with van der Waals surface area (Å²) in [5.41, 5.74) is -2.80. The van der Waals surface area contributed by atoms with Crippen molar-refractivity contribution in [2.45, 2.75) is 25.1 Å². The lowest BCUT2D eigenvalue weighted by atomic mass is 10.1. The molecule has 1 atom stereocenters. The maximum atomic E-state index is 14.0. The molecular formula is C18H16F4N2O4. The number of halogens is 4. The molecule has 10 heteroatoms. The molecule has 0 bridgehead atoms. The Kier molecular flexibility index (Phi) is 5.41. The van der Waals surface area contributed by atoms with Crippen LogP contribution >= 0.6 is 0 Å². The highest BCUT2D eigenvalue weighted by Gasteiger charge is 2.44. The summed E-state index contributed by atoms with van der Waals surface area (Å²) in [6, 6.07) is 5.93. The number of aliphatic hydroxyl groups excluding tert-OH is 1. The number of nitro groups is 1. The molecule has 0 amide bonds. The van der Waals surface area contributed by atoms with Crippen LogP contribution in [-0.4, -0.2) is 29.2 Å². The number of hydrogen-bond acceptors (Lipinski definition) is 5. The molecule has 0 saturated carbocycles. The van der Waals surface area contributed by atoms with Crippen molar-refractivity contribution in [3.8, 4) is 11.5 Å². The molecule has 6 nitrogen and oxygen atoms in total. The first-order valence-electron chi connectivity index (χ1n) is 8.42. The van der Waals surface area contributed by atoms with E-state index in [0.29, 0.717) is 12.8 Å². The van der Waals surface area contributed by atoms with Gasteiger partial charge in [0.25, 0.3) is 5.69 Å². The summed E-state index contributed by atoms with van der Waals surface area (Å²) in [4.78, 5) is 11.7. The molecule has 1 aliphatic rings. The van der Waals surface area contributed by atoms with E-state index in [0.717, 1.165) is 24.3 Å². The number of para-hydroxylation sites is 1. The minimum absolute atomic E-state index is 0.109. The van der Waals surface area contributed by atoms with Crippen molar-refractivity contribution in [1.29, 1.82) is 0 Å². The van der Waals surface area contributed by atoms with Crippen LogP contribution in [0.4, 0.5) is 28.9 Å². The van der Waals surface area contributed by atoms with E-state index in [-0.39, 0.29) is 6.54 Å². The first-order chi connectivity index (χ1) is 13.2. The molecule has 28 heavy (non-hydrogen) atoms. The molecule has 0 aliphatic carbocycles. The Morgan fingerprint density at radius 3 is 2.54 bits per heavy atom. The van der Waals surface area contributed by atoms with Crippen molar-refractivity contribution in [2.24, 2.45) is 0 Å². The number of alkyl halides is 3. The highest BCUT2D eigenvalue weighted by Crippen LogP contribution is 2.49. The van der Waals surface area contributed by atoms with Gasteiger partial charge in [-0.05, 0) is 31.0 Å². The normalized spacial score (nSPS) is 17.0. The fourth-order valence-electron chi connectivity index (χ4n) is 3.32. The Hall–Kier alpha value is -2.88. The zero-order valence-electron chi connectivity index (χ0n) is 14.4. The van der Waals surface area contributed by atoms with Gasteiger partial charge in [-0.1, -0.05) is 12.1 Å². The minimum Gasteiger partial charge on any atom is -0.454 e. The molecule has 1 heterocycles. The van der Waals surface area contributed by atoms with E-state index < -0.39 is 58.0 Å². The molecule has 0 spiro atoms. The van der Waals surface area contributed by atoms with Gasteiger partial charge in [-0.25, -0.2) is 4.39 Å². The number of hydrogen-bond donors (Lipinski definition) is 1. The van der Waals surface area contributed by atoms with Gasteiger partial charge in [0.2, 0.25) is 0 Å². The molecule has 1 aliphatic heterocycles. The third-order valence-electron chi connectivity index (χ3n) is 4.53. The largest absolute Gasteiger partial charge is 0.454 e. The van der Waals surface area contributed by atoms with Crippen LogP contribution in [-0.2, 0) is 6.18 Å². The third-order valence-corrected chi connectivity index (χ3v) is 4.53. The van der Waals surface area contributed by atoms with Crippen LogP contribution in [0.1, 0.15) is 18.4 Å². The minimum atomic E-state index is -5.01. The molecule has 1 saturated heterocycles. The third kappa shape index (κ3) is 3.72. The molecule has 150 valence electrons. The average Bonchev–Trinajstić information content (AvgIpc) is 3.10. The van der Waals surface area contributed by atoms with Gasteiger partial charge in [0, 0.05) is 12.6 Å². The number of aliphatic hydroxyl groups is 1. The molecule has 2 aromatic carbocycles. The van der Waals surface area contributed by atoms with Crippen LogP contribution in [0.2, 0.25) is 0 Å². The molecular weight excluding hydrogens is 384 g/mol. The Labute approximate surface area is 157 Å². The van der Waals surface area contributed by atoms with Gasteiger partial charge in [0.1, 0.15) is 17.0 Å². The summed E-state index contributed by atoms with van der Waals surface area (Å²) in [6.07, 6.45) is -4.15. The van der Waals surface area contributed by atoms with Gasteiger partial charge in [-0.2, -0.15) is 13.2 Å². The second kappa shape index (κ2) is 7.63. The van der Waals surface area contributed by atoms with E-state index in [1.54, 1.807) is 0 Å². The predicted octanol–water partition coefficient (Wildman–Crippen LogP) is 4.51. The highest BCUT2D eigenvalue weighted by atomic mass is 19.4. The summed E-state index contributed by atoms with van der Waals surface area (Å²) in [7, 11) is 0. The Balaban J connectivity index is 2.23. The Bertz CT molecular complexity index is 888. The maximum absolute atomic E-state index is 14.0. The summed E-state index contributed by atoms with van der Waals surface area (Å²) in [5.74, 6) is -2.06. The monoisotopic (exact) mass is 400 g/mol. The smallest absolute Gasteiger partial charge is 0.422 e. The summed E-state index contributed by atoms with van der Waals surface area (Å²) < 4.78 is 60.9. The zero-order valence-corrected chi connectivity index (χ0v) is 14.4. The molecule has 1 fully saturated rings. The van der Waals surface area contributed by atoms with Crippen LogP contribution in [0.15, 0.2) is 36.4 Å². The van der Waals surface area contributed by atoms with E-state index >= 15 is 0 Å². The number of anilines is 1. The van der Waals surface area contributed by atoms with Crippen molar-refractivity contribution in [2.75, 3.05) is 18.1 Å². The van der Waals surface area contributed by atoms with Gasteiger partial charge in [0.05, 0.1) is 17.6 Å². The summed E-state index contributed by atoms with van der Waals surface area (Å²) in [6.45, 7) is -0.342. The van der Waals surface area contributed by atoms with Crippen molar-refractivity contribution in [3.05, 3.63) is 57.9 Å². The lowest BCUT2D eigenvalue weighted by Crippen LogP contribution is -2.34. The lowest BCUT2D eigenvalue weighted by molar-refractivity contribution is -0.384. The van der Waals surface area contributed by atoms with E-state index in [1.807, 2.05) is 0 Å². The molecule has 1 N–H and O–H groups in total. The lowest BCUT2D eigenvalue weighted by Gasteiger charge is -2.28. The quantitative estimate of drug-likeness (QED) is 0.454. The maximum Gasteiger partial charge on any atom is 0.422 e.